The molecule has 0 saturated carbocycles. The topological polar surface area (TPSA) is 57.7 Å². The van der Waals surface area contributed by atoms with Crippen LogP contribution < -0.4 is 19.9 Å². The summed E-state index contributed by atoms with van der Waals surface area (Å²) in [5, 5.41) is 2.84. The van der Waals surface area contributed by atoms with Crippen molar-refractivity contribution in [1.82, 2.24) is 4.98 Å². The van der Waals surface area contributed by atoms with E-state index in [1.807, 2.05) is 24.4 Å². The van der Waals surface area contributed by atoms with Crippen molar-refractivity contribution in [2.24, 2.45) is 0 Å². The molecule has 2 heterocycles. The van der Waals surface area contributed by atoms with E-state index in [9.17, 15) is 4.79 Å². The molecule has 0 aliphatic carbocycles. The number of nitrogens with one attached hydrogen (secondary N) is 1. The van der Waals surface area contributed by atoms with Gasteiger partial charge in [-0.3, -0.25) is 4.79 Å². The number of para-hydroxylation sites is 1. The molecule has 29 heavy (non-hydrogen) atoms. The van der Waals surface area contributed by atoms with Crippen molar-refractivity contribution in [3.63, 3.8) is 0 Å². The van der Waals surface area contributed by atoms with Crippen LogP contribution in [0.25, 0.3) is 0 Å². The standard InChI is InChI=1S/C23H24N4O2/c1-29-21-9-5-6-18(16-21)23(28)25-22-11-10-20(17-24-22)27-14-12-26(13-15-27)19-7-3-2-4-8-19/h2-11,16-17H,12-15H2,1H3,(H,24,25,28). The molecule has 148 valence electrons. The summed E-state index contributed by atoms with van der Waals surface area (Å²) >= 11 is 0. The highest BCUT2D eigenvalue weighted by Crippen LogP contribution is 2.21. The van der Waals surface area contributed by atoms with E-state index in [1.165, 1.54) is 5.69 Å². The number of benzene rings is 2. The van der Waals surface area contributed by atoms with E-state index in [4.69, 9.17) is 4.74 Å². The third-order valence-corrected chi connectivity index (χ3v) is 5.09. The first-order valence-electron chi connectivity index (χ1n) is 9.69. The van der Waals surface area contributed by atoms with Gasteiger partial charge in [0.25, 0.3) is 5.91 Å². The summed E-state index contributed by atoms with van der Waals surface area (Å²) in [6.07, 6.45) is 1.82. The highest BCUT2D eigenvalue weighted by molar-refractivity contribution is 6.04. The smallest absolute Gasteiger partial charge is 0.256 e. The van der Waals surface area contributed by atoms with Crippen LogP contribution >= 0.6 is 0 Å². The average Bonchev–Trinajstić information content (AvgIpc) is 2.80. The van der Waals surface area contributed by atoms with Gasteiger partial charge < -0.3 is 19.9 Å². The number of carbonyl (C=O) groups is 1. The molecule has 3 aromatic rings. The van der Waals surface area contributed by atoms with E-state index in [-0.39, 0.29) is 5.91 Å². The van der Waals surface area contributed by atoms with Crippen LogP contribution in [0.1, 0.15) is 10.4 Å². The first-order chi connectivity index (χ1) is 14.2. The third kappa shape index (κ3) is 4.48. The molecular weight excluding hydrogens is 364 g/mol. The Morgan fingerprint density at radius 3 is 2.28 bits per heavy atom. The number of methoxy groups -OCH3 is 1. The minimum absolute atomic E-state index is 0.208. The second-order valence-corrected chi connectivity index (χ2v) is 6.90. The van der Waals surface area contributed by atoms with Gasteiger partial charge in [0.15, 0.2) is 0 Å². The molecule has 0 bridgehead atoms. The molecule has 6 heteroatoms. The van der Waals surface area contributed by atoms with Crippen molar-refractivity contribution in [2.75, 3.05) is 48.4 Å². The van der Waals surface area contributed by atoms with Gasteiger partial charge >= 0.3 is 0 Å². The van der Waals surface area contributed by atoms with Gasteiger partial charge in [-0.1, -0.05) is 24.3 Å². The fourth-order valence-electron chi connectivity index (χ4n) is 3.46. The Bertz CT molecular complexity index is 952. The lowest BCUT2D eigenvalue weighted by Gasteiger charge is -2.37. The van der Waals surface area contributed by atoms with Gasteiger partial charge in [0.1, 0.15) is 11.6 Å². The third-order valence-electron chi connectivity index (χ3n) is 5.09. The molecule has 0 spiro atoms. The molecule has 4 rings (SSSR count). The van der Waals surface area contributed by atoms with Crippen LogP contribution in [0, 0.1) is 0 Å². The Balaban J connectivity index is 1.35. The zero-order valence-corrected chi connectivity index (χ0v) is 16.4. The van der Waals surface area contributed by atoms with Crippen molar-refractivity contribution in [2.45, 2.75) is 0 Å². The fraction of sp³-hybridized carbons (Fsp3) is 0.217. The summed E-state index contributed by atoms with van der Waals surface area (Å²) in [6.45, 7) is 3.81. The number of rotatable bonds is 5. The fourth-order valence-corrected chi connectivity index (χ4v) is 3.46. The van der Waals surface area contributed by atoms with Crippen molar-refractivity contribution in [3.8, 4) is 5.75 Å². The lowest BCUT2D eigenvalue weighted by Crippen LogP contribution is -2.46. The van der Waals surface area contributed by atoms with E-state index in [0.29, 0.717) is 17.1 Å². The second-order valence-electron chi connectivity index (χ2n) is 6.90. The predicted octanol–water partition coefficient (Wildman–Crippen LogP) is 3.67. The zero-order valence-electron chi connectivity index (χ0n) is 16.4. The molecule has 2 aromatic carbocycles. The summed E-state index contributed by atoms with van der Waals surface area (Å²) in [5.74, 6) is 0.973. The Kier molecular flexibility index (Phi) is 5.61. The number of pyridine rings is 1. The number of carbonyl (C=O) groups excluding carboxylic acids is 1. The van der Waals surface area contributed by atoms with Crippen LogP contribution in [0.4, 0.5) is 17.2 Å². The molecule has 1 fully saturated rings. The van der Waals surface area contributed by atoms with Crippen LogP contribution in [-0.2, 0) is 0 Å². The Labute approximate surface area is 170 Å². The summed E-state index contributed by atoms with van der Waals surface area (Å²) in [5.41, 5.74) is 2.87. The minimum Gasteiger partial charge on any atom is -0.497 e. The zero-order chi connectivity index (χ0) is 20.1. The Hall–Kier alpha value is -3.54. The molecule has 1 N–H and O–H groups in total. The summed E-state index contributed by atoms with van der Waals surface area (Å²) in [7, 11) is 1.58. The van der Waals surface area contributed by atoms with Gasteiger partial charge in [-0.25, -0.2) is 4.98 Å². The largest absolute Gasteiger partial charge is 0.497 e. The SMILES string of the molecule is COc1cccc(C(=O)Nc2ccc(N3CCN(c4ccccc4)CC3)cn2)c1. The van der Waals surface area contributed by atoms with Gasteiger partial charge in [-0.15, -0.1) is 0 Å². The van der Waals surface area contributed by atoms with E-state index in [2.05, 4.69) is 44.4 Å². The highest BCUT2D eigenvalue weighted by atomic mass is 16.5. The van der Waals surface area contributed by atoms with Crippen LogP contribution in [0.2, 0.25) is 0 Å². The van der Waals surface area contributed by atoms with E-state index in [1.54, 1.807) is 31.4 Å². The molecule has 0 unspecified atom stereocenters. The number of hydrogen-bond acceptors (Lipinski definition) is 5. The van der Waals surface area contributed by atoms with Gasteiger partial charge in [-0.2, -0.15) is 0 Å². The monoisotopic (exact) mass is 388 g/mol. The number of anilines is 3. The van der Waals surface area contributed by atoms with Gasteiger partial charge in [0, 0.05) is 37.4 Å². The van der Waals surface area contributed by atoms with Gasteiger partial charge in [0.05, 0.1) is 19.0 Å². The molecule has 1 aliphatic rings. The average molecular weight is 388 g/mol. The summed E-state index contributed by atoms with van der Waals surface area (Å²) in [4.78, 5) is 21.6. The van der Waals surface area contributed by atoms with Crippen LogP contribution in [0.5, 0.6) is 5.75 Å². The molecule has 1 saturated heterocycles. The van der Waals surface area contributed by atoms with Crippen LogP contribution in [-0.4, -0.2) is 44.2 Å². The minimum atomic E-state index is -0.208. The first kappa shape index (κ1) is 18.8. The summed E-state index contributed by atoms with van der Waals surface area (Å²) in [6, 6.07) is 21.4. The van der Waals surface area contributed by atoms with Crippen LogP contribution in [0.15, 0.2) is 72.9 Å². The lowest BCUT2D eigenvalue weighted by atomic mass is 10.2. The molecule has 1 aliphatic heterocycles. The number of piperazine rings is 1. The van der Waals surface area contributed by atoms with Crippen LogP contribution in [0.3, 0.4) is 0 Å². The number of hydrogen-bond donors (Lipinski definition) is 1. The van der Waals surface area contributed by atoms with Crippen molar-refractivity contribution >= 4 is 23.1 Å². The maximum absolute atomic E-state index is 12.4. The quantitative estimate of drug-likeness (QED) is 0.723. The predicted molar refractivity (Wildman–Crippen MR) is 116 cm³/mol. The van der Waals surface area contributed by atoms with E-state index in [0.717, 1.165) is 31.9 Å². The maximum Gasteiger partial charge on any atom is 0.256 e. The van der Waals surface area contributed by atoms with Gasteiger partial charge in [0.2, 0.25) is 0 Å². The molecule has 1 amide bonds. The molecular formula is C23H24N4O2. The molecule has 1 aromatic heterocycles. The Morgan fingerprint density at radius 1 is 0.897 bits per heavy atom. The van der Waals surface area contributed by atoms with Crippen molar-refractivity contribution < 1.29 is 9.53 Å². The van der Waals surface area contributed by atoms with E-state index >= 15 is 0 Å². The van der Waals surface area contributed by atoms with Crippen molar-refractivity contribution in [1.29, 1.82) is 0 Å². The number of ether oxygens (including phenoxy) is 1. The lowest BCUT2D eigenvalue weighted by molar-refractivity contribution is 0.102. The number of aromatic nitrogens is 1. The summed E-state index contributed by atoms with van der Waals surface area (Å²) < 4.78 is 5.17. The van der Waals surface area contributed by atoms with Gasteiger partial charge in [-0.05, 0) is 42.5 Å². The number of amides is 1. The Morgan fingerprint density at radius 2 is 1.62 bits per heavy atom. The van der Waals surface area contributed by atoms with E-state index < -0.39 is 0 Å². The molecule has 0 radical (unpaired) electrons. The molecule has 6 nitrogen and oxygen atoms in total. The van der Waals surface area contributed by atoms with Crippen molar-refractivity contribution in [3.05, 3.63) is 78.5 Å². The second kappa shape index (κ2) is 8.65. The number of nitrogens with zero attached hydrogens (tertiary/aromatic N) is 3. The highest BCUT2D eigenvalue weighted by Gasteiger charge is 2.18. The maximum atomic E-state index is 12.4. The molecule has 0 atom stereocenters. The normalized spacial score (nSPS) is 13.8. The first-order valence-corrected chi connectivity index (χ1v) is 9.69.